The summed E-state index contributed by atoms with van der Waals surface area (Å²) in [6.45, 7) is 6.42. The highest BCUT2D eigenvalue weighted by molar-refractivity contribution is 5.71. The Labute approximate surface area is 375 Å². The molecule has 0 aromatic carbocycles. The Kier molecular flexibility index (Phi) is 46.5. The molecule has 1 unspecified atom stereocenters. The Bertz CT molecular complexity index is 1200. The van der Waals surface area contributed by atoms with Crippen LogP contribution in [0.5, 0.6) is 0 Å². The molecule has 0 saturated heterocycles. The lowest BCUT2D eigenvalue weighted by atomic mass is 10.1. The van der Waals surface area contributed by atoms with Crippen molar-refractivity contribution in [1.82, 2.24) is 0 Å². The molecular formula is C55H92O6. The minimum absolute atomic E-state index is 0.105. The lowest BCUT2D eigenvalue weighted by Gasteiger charge is -2.18. The molecule has 0 aliphatic rings. The van der Waals surface area contributed by atoms with Crippen LogP contribution in [0.1, 0.15) is 226 Å². The SMILES string of the molecule is CC/C=C\C/C=C\C/C=C\C/C=C\C/C=C\C/C=C\CCC(=O)OCC(COC(=O)CCCCCCCCCCCC)OC(=O)CCCCC/C=C\CCCCCCCCC. The summed E-state index contributed by atoms with van der Waals surface area (Å²) in [4.78, 5) is 37.8. The van der Waals surface area contributed by atoms with Gasteiger partial charge in [0.1, 0.15) is 13.2 Å². The standard InChI is InChI=1S/C55H92O6/c1-4-7-10-13-16-19-22-24-26-27-28-29-30-32-33-36-39-42-45-48-54(57)60-51-52(50-59-53(56)47-44-41-38-35-21-18-15-12-9-6-3)61-55(58)49-46-43-40-37-34-31-25-23-20-17-14-11-8-5-2/h7,10,16,19,24,26,28-29,31-34,39,42,52H,4-6,8-9,11-15,17-18,20-23,25,27,30,35-38,40-41,43-51H2,1-3H3/b10-7-,19-16-,26-24-,29-28-,33-32-,34-31-,42-39-. The Balaban J connectivity index is 4.49. The van der Waals surface area contributed by atoms with E-state index in [1.54, 1.807) is 0 Å². The summed E-state index contributed by atoms with van der Waals surface area (Å²) in [5.41, 5.74) is 0. The number of carbonyl (C=O) groups is 3. The largest absolute Gasteiger partial charge is 0.462 e. The average Bonchev–Trinajstić information content (AvgIpc) is 3.26. The predicted molar refractivity (Wildman–Crippen MR) is 261 cm³/mol. The van der Waals surface area contributed by atoms with Gasteiger partial charge < -0.3 is 14.2 Å². The molecule has 0 radical (unpaired) electrons. The Morgan fingerprint density at radius 2 is 0.672 bits per heavy atom. The topological polar surface area (TPSA) is 78.9 Å². The van der Waals surface area contributed by atoms with E-state index in [1.807, 2.05) is 12.2 Å². The van der Waals surface area contributed by atoms with Gasteiger partial charge >= 0.3 is 17.9 Å². The van der Waals surface area contributed by atoms with Crippen molar-refractivity contribution in [2.24, 2.45) is 0 Å². The monoisotopic (exact) mass is 849 g/mol. The van der Waals surface area contributed by atoms with E-state index in [0.29, 0.717) is 19.3 Å². The molecule has 0 N–H and O–H groups in total. The van der Waals surface area contributed by atoms with Gasteiger partial charge in [-0.3, -0.25) is 14.4 Å². The Hall–Kier alpha value is -3.41. The van der Waals surface area contributed by atoms with Gasteiger partial charge in [0.05, 0.1) is 0 Å². The Morgan fingerprint density at radius 3 is 1.11 bits per heavy atom. The first-order valence-corrected chi connectivity index (χ1v) is 25.1. The van der Waals surface area contributed by atoms with Gasteiger partial charge in [-0.25, -0.2) is 0 Å². The third kappa shape index (κ3) is 47.5. The van der Waals surface area contributed by atoms with Gasteiger partial charge in [0.15, 0.2) is 6.10 Å². The van der Waals surface area contributed by atoms with Gasteiger partial charge in [-0.15, -0.1) is 0 Å². The molecule has 6 heteroatoms. The van der Waals surface area contributed by atoms with Crippen molar-refractivity contribution < 1.29 is 28.6 Å². The molecule has 0 heterocycles. The molecule has 1 atom stereocenters. The maximum atomic E-state index is 12.8. The molecule has 0 spiro atoms. The van der Waals surface area contributed by atoms with E-state index in [0.717, 1.165) is 89.9 Å². The Morgan fingerprint density at radius 1 is 0.344 bits per heavy atom. The molecule has 6 nitrogen and oxygen atoms in total. The van der Waals surface area contributed by atoms with Crippen molar-refractivity contribution in [3.63, 3.8) is 0 Å². The van der Waals surface area contributed by atoms with E-state index in [2.05, 4.69) is 93.7 Å². The van der Waals surface area contributed by atoms with Crippen LogP contribution in [-0.2, 0) is 28.6 Å². The van der Waals surface area contributed by atoms with Crippen molar-refractivity contribution >= 4 is 17.9 Å². The van der Waals surface area contributed by atoms with Crippen LogP contribution < -0.4 is 0 Å². The molecule has 0 fully saturated rings. The fourth-order valence-corrected chi connectivity index (χ4v) is 6.64. The number of esters is 3. The molecule has 0 aromatic heterocycles. The van der Waals surface area contributed by atoms with E-state index in [4.69, 9.17) is 14.2 Å². The summed E-state index contributed by atoms with van der Waals surface area (Å²) >= 11 is 0. The van der Waals surface area contributed by atoms with Crippen molar-refractivity contribution in [2.45, 2.75) is 232 Å². The second-order valence-corrected chi connectivity index (χ2v) is 16.3. The average molecular weight is 849 g/mol. The third-order valence-corrected chi connectivity index (χ3v) is 10.4. The highest BCUT2D eigenvalue weighted by Crippen LogP contribution is 2.13. The number of unbranched alkanes of at least 4 members (excludes halogenated alkanes) is 19. The number of ether oxygens (including phenoxy) is 3. The molecule has 61 heavy (non-hydrogen) atoms. The van der Waals surface area contributed by atoms with Gasteiger partial charge in [0.2, 0.25) is 0 Å². The van der Waals surface area contributed by atoms with Gasteiger partial charge in [0.25, 0.3) is 0 Å². The molecule has 0 aromatic rings. The van der Waals surface area contributed by atoms with Crippen LogP contribution >= 0.6 is 0 Å². The van der Waals surface area contributed by atoms with Crippen molar-refractivity contribution in [3.05, 3.63) is 85.1 Å². The van der Waals surface area contributed by atoms with E-state index < -0.39 is 6.10 Å². The van der Waals surface area contributed by atoms with E-state index in [-0.39, 0.29) is 37.5 Å². The van der Waals surface area contributed by atoms with Crippen LogP contribution in [0.3, 0.4) is 0 Å². The fourth-order valence-electron chi connectivity index (χ4n) is 6.64. The fraction of sp³-hybridized carbons (Fsp3) is 0.691. The summed E-state index contributed by atoms with van der Waals surface area (Å²) < 4.78 is 16.7. The predicted octanol–water partition coefficient (Wildman–Crippen LogP) is 16.4. The number of rotatable bonds is 44. The molecular weight excluding hydrogens is 757 g/mol. The summed E-state index contributed by atoms with van der Waals surface area (Å²) in [7, 11) is 0. The second kappa shape index (κ2) is 49.2. The first kappa shape index (κ1) is 57.6. The number of hydrogen-bond acceptors (Lipinski definition) is 6. The zero-order valence-corrected chi connectivity index (χ0v) is 39.7. The van der Waals surface area contributed by atoms with Gasteiger partial charge in [-0.05, 0) is 83.5 Å². The van der Waals surface area contributed by atoms with Crippen LogP contribution in [0.25, 0.3) is 0 Å². The van der Waals surface area contributed by atoms with Crippen molar-refractivity contribution in [1.29, 1.82) is 0 Å². The first-order chi connectivity index (χ1) is 30.0. The molecule has 0 aliphatic carbocycles. The lowest BCUT2D eigenvalue weighted by Crippen LogP contribution is -2.30. The molecule has 0 bridgehead atoms. The van der Waals surface area contributed by atoms with Crippen molar-refractivity contribution in [3.8, 4) is 0 Å². The maximum absolute atomic E-state index is 12.8. The third-order valence-electron chi connectivity index (χ3n) is 10.4. The summed E-state index contributed by atoms with van der Waals surface area (Å²) in [6, 6.07) is 0. The number of allylic oxidation sites excluding steroid dienone is 14. The maximum Gasteiger partial charge on any atom is 0.306 e. The van der Waals surface area contributed by atoms with Crippen LogP contribution in [-0.4, -0.2) is 37.2 Å². The summed E-state index contributed by atoms with van der Waals surface area (Å²) in [5.74, 6) is -1.01. The minimum Gasteiger partial charge on any atom is -0.462 e. The van der Waals surface area contributed by atoms with E-state index in [1.165, 1.54) is 89.9 Å². The van der Waals surface area contributed by atoms with E-state index >= 15 is 0 Å². The van der Waals surface area contributed by atoms with Gasteiger partial charge in [-0.1, -0.05) is 209 Å². The molecule has 0 saturated carbocycles. The second-order valence-electron chi connectivity index (χ2n) is 16.3. The molecule has 0 aliphatic heterocycles. The van der Waals surface area contributed by atoms with Crippen molar-refractivity contribution in [2.75, 3.05) is 13.2 Å². The van der Waals surface area contributed by atoms with Crippen LogP contribution in [0.2, 0.25) is 0 Å². The summed E-state index contributed by atoms with van der Waals surface area (Å²) in [5, 5.41) is 0. The van der Waals surface area contributed by atoms with Crippen LogP contribution in [0.15, 0.2) is 85.1 Å². The minimum atomic E-state index is -0.812. The summed E-state index contributed by atoms with van der Waals surface area (Å²) in [6.07, 6.45) is 62.9. The lowest BCUT2D eigenvalue weighted by molar-refractivity contribution is -0.166. The zero-order valence-electron chi connectivity index (χ0n) is 39.7. The number of hydrogen-bond donors (Lipinski definition) is 0. The van der Waals surface area contributed by atoms with E-state index in [9.17, 15) is 14.4 Å². The first-order valence-electron chi connectivity index (χ1n) is 25.1. The normalized spacial score (nSPS) is 12.8. The van der Waals surface area contributed by atoms with Crippen LogP contribution in [0.4, 0.5) is 0 Å². The smallest absolute Gasteiger partial charge is 0.306 e. The van der Waals surface area contributed by atoms with Gasteiger partial charge in [0, 0.05) is 19.3 Å². The highest BCUT2D eigenvalue weighted by atomic mass is 16.6. The molecule has 0 amide bonds. The zero-order chi connectivity index (χ0) is 44.4. The molecule has 0 rings (SSSR count). The molecule has 348 valence electrons. The van der Waals surface area contributed by atoms with Gasteiger partial charge in [-0.2, -0.15) is 0 Å². The quantitative estimate of drug-likeness (QED) is 0.0263. The van der Waals surface area contributed by atoms with Crippen LogP contribution in [0, 0.1) is 0 Å². The number of carbonyl (C=O) groups excluding carboxylic acids is 3. The highest BCUT2D eigenvalue weighted by Gasteiger charge is 2.19.